The maximum absolute atomic E-state index is 13.4. The Morgan fingerprint density at radius 2 is 1.88 bits per heavy atom. The molecule has 0 aromatic heterocycles. The fraction of sp³-hybridized carbons (Fsp3) is 0.278. The van der Waals surface area contributed by atoms with Crippen LogP contribution in [-0.4, -0.2) is 30.3 Å². The molecule has 2 rings (SSSR count). The lowest BCUT2D eigenvalue weighted by Crippen LogP contribution is -2.23. The first-order valence-electron chi connectivity index (χ1n) is 7.54. The number of benzene rings is 2. The van der Waals surface area contributed by atoms with E-state index in [2.05, 4.69) is 5.32 Å². The predicted molar refractivity (Wildman–Crippen MR) is 88.3 cm³/mol. The topological polar surface area (TPSA) is 67.8 Å². The molecule has 2 aromatic rings. The van der Waals surface area contributed by atoms with Gasteiger partial charge < -0.3 is 19.9 Å². The first-order valence-corrected chi connectivity index (χ1v) is 7.54. The first-order chi connectivity index (χ1) is 11.5. The van der Waals surface area contributed by atoms with Gasteiger partial charge in [0.15, 0.2) is 0 Å². The molecule has 0 spiro atoms. The quantitative estimate of drug-likeness (QED) is 0.779. The van der Waals surface area contributed by atoms with E-state index in [1.54, 1.807) is 42.5 Å². The van der Waals surface area contributed by atoms with Crippen molar-refractivity contribution in [2.45, 2.75) is 19.6 Å². The van der Waals surface area contributed by atoms with Crippen LogP contribution in [0.1, 0.15) is 12.5 Å². The van der Waals surface area contributed by atoms with Gasteiger partial charge in [0.1, 0.15) is 24.3 Å². The predicted octanol–water partition coefficient (Wildman–Crippen LogP) is 2.74. The molecule has 0 heterocycles. The van der Waals surface area contributed by atoms with Gasteiger partial charge in [-0.15, -0.1) is 0 Å². The number of aliphatic hydroxyl groups is 1. The molecule has 128 valence electrons. The summed E-state index contributed by atoms with van der Waals surface area (Å²) in [5.74, 6) is 0.0887. The van der Waals surface area contributed by atoms with E-state index in [9.17, 15) is 14.3 Å². The van der Waals surface area contributed by atoms with Crippen molar-refractivity contribution >= 4 is 11.6 Å². The van der Waals surface area contributed by atoms with Crippen LogP contribution in [0.3, 0.4) is 0 Å². The number of carbonyl (C=O) groups excluding carboxylic acids is 1. The zero-order valence-electron chi connectivity index (χ0n) is 13.4. The highest BCUT2D eigenvalue weighted by Crippen LogP contribution is 2.16. The summed E-state index contributed by atoms with van der Waals surface area (Å²) in [6.07, 6.45) is -0.827. The smallest absolute Gasteiger partial charge is 0.221 e. The van der Waals surface area contributed by atoms with Crippen molar-refractivity contribution in [1.82, 2.24) is 0 Å². The van der Waals surface area contributed by atoms with Crippen molar-refractivity contribution in [1.29, 1.82) is 0 Å². The molecule has 5 nitrogen and oxygen atoms in total. The number of hydrogen-bond donors (Lipinski definition) is 2. The van der Waals surface area contributed by atoms with Crippen LogP contribution in [0.15, 0.2) is 48.5 Å². The Kier molecular flexibility index (Phi) is 6.72. The maximum atomic E-state index is 13.4. The van der Waals surface area contributed by atoms with E-state index in [1.807, 2.05) is 0 Å². The molecule has 0 saturated carbocycles. The minimum absolute atomic E-state index is 0.0400. The Morgan fingerprint density at radius 3 is 2.54 bits per heavy atom. The third kappa shape index (κ3) is 5.98. The Balaban J connectivity index is 1.70. The number of anilines is 1. The summed E-state index contributed by atoms with van der Waals surface area (Å²) in [6.45, 7) is 1.62. The summed E-state index contributed by atoms with van der Waals surface area (Å²) in [5.41, 5.74) is 1.11. The summed E-state index contributed by atoms with van der Waals surface area (Å²) < 4.78 is 24.1. The summed E-state index contributed by atoms with van der Waals surface area (Å²) >= 11 is 0. The molecule has 1 atom stereocenters. The van der Waals surface area contributed by atoms with Gasteiger partial charge >= 0.3 is 0 Å². The van der Waals surface area contributed by atoms with Crippen molar-refractivity contribution in [3.63, 3.8) is 0 Å². The number of hydrogen-bond acceptors (Lipinski definition) is 4. The molecule has 0 aliphatic heterocycles. The van der Waals surface area contributed by atoms with Gasteiger partial charge in [0, 0.05) is 18.2 Å². The first kappa shape index (κ1) is 17.9. The molecule has 0 bridgehead atoms. The van der Waals surface area contributed by atoms with Gasteiger partial charge in [0.2, 0.25) is 5.91 Å². The van der Waals surface area contributed by atoms with Crippen molar-refractivity contribution in [2.24, 2.45) is 0 Å². The number of amides is 1. The van der Waals surface area contributed by atoms with Crippen molar-refractivity contribution in [2.75, 3.05) is 18.5 Å². The Labute approximate surface area is 140 Å². The van der Waals surface area contributed by atoms with E-state index in [4.69, 9.17) is 9.47 Å². The number of nitrogens with one attached hydrogen (secondary N) is 1. The average molecular weight is 333 g/mol. The minimum Gasteiger partial charge on any atom is -0.491 e. The molecule has 0 aliphatic carbocycles. The molecule has 0 saturated heterocycles. The largest absolute Gasteiger partial charge is 0.491 e. The zero-order chi connectivity index (χ0) is 17.4. The van der Waals surface area contributed by atoms with E-state index in [1.165, 1.54) is 13.0 Å². The second-order valence-electron chi connectivity index (χ2n) is 5.28. The van der Waals surface area contributed by atoms with Gasteiger partial charge in [-0.3, -0.25) is 4.79 Å². The van der Waals surface area contributed by atoms with Crippen LogP contribution in [-0.2, 0) is 16.1 Å². The number of ether oxygens (including phenoxy) is 2. The van der Waals surface area contributed by atoms with Crippen molar-refractivity contribution < 1.29 is 23.8 Å². The minimum atomic E-state index is -0.827. The Bertz CT molecular complexity index is 660. The van der Waals surface area contributed by atoms with E-state index in [-0.39, 0.29) is 31.5 Å². The van der Waals surface area contributed by atoms with Gasteiger partial charge in [-0.2, -0.15) is 0 Å². The second kappa shape index (κ2) is 9.00. The van der Waals surface area contributed by atoms with Crippen LogP contribution in [0.4, 0.5) is 10.1 Å². The normalized spacial score (nSPS) is 11.8. The average Bonchev–Trinajstić information content (AvgIpc) is 2.55. The molecular weight excluding hydrogens is 313 g/mol. The molecule has 0 fully saturated rings. The number of aliphatic hydroxyl groups excluding tert-OH is 1. The molecule has 0 unspecified atom stereocenters. The fourth-order valence-electron chi connectivity index (χ4n) is 2.00. The van der Waals surface area contributed by atoms with Gasteiger partial charge in [0.05, 0.1) is 13.2 Å². The molecule has 1 amide bonds. The Morgan fingerprint density at radius 1 is 1.17 bits per heavy atom. The van der Waals surface area contributed by atoms with Crippen LogP contribution in [0, 0.1) is 5.82 Å². The maximum Gasteiger partial charge on any atom is 0.221 e. The number of rotatable bonds is 8. The van der Waals surface area contributed by atoms with E-state index in [0.717, 1.165) is 0 Å². The van der Waals surface area contributed by atoms with Crippen LogP contribution >= 0.6 is 0 Å². The second-order valence-corrected chi connectivity index (χ2v) is 5.28. The fourth-order valence-corrected chi connectivity index (χ4v) is 2.00. The lowest BCUT2D eigenvalue weighted by molar-refractivity contribution is -0.114. The van der Waals surface area contributed by atoms with E-state index < -0.39 is 6.10 Å². The summed E-state index contributed by atoms with van der Waals surface area (Å²) in [4.78, 5) is 10.9. The highest BCUT2D eigenvalue weighted by atomic mass is 19.1. The summed E-state index contributed by atoms with van der Waals surface area (Å²) in [5, 5.41) is 12.5. The highest BCUT2D eigenvalue weighted by Gasteiger charge is 2.07. The Hall–Kier alpha value is -2.44. The molecule has 2 N–H and O–H groups in total. The lowest BCUT2D eigenvalue weighted by Gasteiger charge is -2.13. The SMILES string of the molecule is CC(=O)Nc1ccc(OC[C@@H](O)COCc2ccccc2F)cc1. The third-order valence-electron chi connectivity index (χ3n) is 3.14. The molecule has 2 aromatic carbocycles. The third-order valence-corrected chi connectivity index (χ3v) is 3.14. The van der Waals surface area contributed by atoms with Crippen molar-refractivity contribution in [3.05, 3.63) is 59.9 Å². The van der Waals surface area contributed by atoms with Crippen LogP contribution in [0.2, 0.25) is 0 Å². The molecular formula is C18H20FNO4. The zero-order valence-corrected chi connectivity index (χ0v) is 13.4. The molecule has 24 heavy (non-hydrogen) atoms. The van der Waals surface area contributed by atoms with Gasteiger partial charge in [-0.25, -0.2) is 4.39 Å². The van der Waals surface area contributed by atoms with Crippen molar-refractivity contribution in [3.8, 4) is 5.75 Å². The van der Waals surface area contributed by atoms with Crippen LogP contribution < -0.4 is 10.1 Å². The van der Waals surface area contributed by atoms with Crippen LogP contribution in [0.25, 0.3) is 0 Å². The van der Waals surface area contributed by atoms with Gasteiger partial charge in [0.25, 0.3) is 0 Å². The standard InChI is InChI=1S/C18H20FNO4/c1-13(21)20-15-6-8-17(9-7-15)24-12-16(22)11-23-10-14-4-2-3-5-18(14)19/h2-9,16,22H,10-12H2,1H3,(H,20,21)/t16-/m0/s1. The highest BCUT2D eigenvalue weighted by molar-refractivity contribution is 5.88. The van der Waals surface area contributed by atoms with E-state index in [0.29, 0.717) is 17.0 Å². The number of carbonyl (C=O) groups is 1. The van der Waals surface area contributed by atoms with Gasteiger partial charge in [-0.1, -0.05) is 18.2 Å². The summed E-state index contributed by atoms with van der Waals surface area (Å²) in [6, 6.07) is 13.1. The van der Waals surface area contributed by atoms with E-state index >= 15 is 0 Å². The number of halogens is 1. The van der Waals surface area contributed by atoms with Crippen LogP contribution in [0.5, 0.6) is 5.75 Å². The lowest BCUT2D eigenvalue weighted by atomic mass is 10.2. The van der Waals surface area contributed by atoms with Gasteiger partial charge in [-0.05, 0) is 30.3 Å². The molecule has 0 radical (unpaired) electrons. The molecule has 6 heteroatoms. The molecule has 0 aliphatic rings. The monoisotopic (exact) mass is 333 g/mol. The summed E-state index contributed by atoms with van der Waals surface area (Å²) in [7, 11) is 0.